The van der Waals surface area contributed by atoms with E-state index in [1.54, 1.807) is 12.0 Å². The van der Waals surface area contributed by atoms with Crippen molar-refractivity contribution in [3.8, 4) is 5.75 Å². The second-order valence-corrected chi connectivity index (χ2v) is 5.10. The molecule has 0 aromatic heterocycles. The standard InChI is InChI=1S/C16H26N2O3/c1-3-6-14(17)11-16(20)18(9-10-19)12-13-7-4-5-8-15(13)21-2/h4-5,7-8,14,19H,3,6,9-12,17H2,1-2H3. The molecule has 0 heterocycles. The van der Waals surface area contributed by atoms with E-state index in [1.165, 1.54) is 0 Å². The first-order valence-electron chi connectivity index (χ1n) is 7.38. The number of hydrogen-bond donors (Lipinski definition) is 2. The molecule has 118 valence electrons. The summed E-state index contributed by atoms with van der Waals surface area (Å²) in [5, 5.41) is 9.17. The maximum absolute atomic E-state index is 12.3. The molecule has 5 heteroatoms. The van der Waals surface area contributed by atoms with E-state index in [1.807, 2.05) is 31.2 Å². The fourth-order valence-electron chi connectivity index (χ4n) is 2.28. The molecule has 0 aliphatic heterocycles. The zero-order valence-electron chi connectivity index (χ0n) is 12.9. The highest BCUT2D eigenvalue weighted by molar-refractivity contribution is 5.76. The van der Waals surface area contributed by atoms with E-state index in [2.05, 4.69) is 0 Å². The number of carbonyl (C=O) groups is 1. The van der Waals surface area contributed by atoms with Crippen LogP contribution in [0.1, 0.15) is 31.7 Å². The zero-order valence-corrected chi connectivity index (χ0v) is 12.9. The number of rotatable bonds is 9. The van der Waals surface area contributed by atoms with Gasteiger partial charge in [-0.05, 0) is 12.5 Å². The highest BCUT2D eigenvalue weighted by Gasteiger charge is 2.18. The Labute approximate surface area is 126 Å². The van der Waals surface area contributed by atoms with Crippen molar-refractivity contribution < 1.29 is 14.6 Å². The van der Waals surface area contributed by atoms with Gasteiger partial charge in [-0.3, -0.25) is 4.79 Å². The van der Waals surface area contributed by atoms with Crippen LogP contribution in [0.5, 0.6) is 5.75 Å². The van der Waals surface area contributed by atoms with E-state index >= 15 is 0 Å². The third-order valence-corrected chi connectivity index (χ3v) is 3.37. The van der Waals surface area contributed by atoms with Crippen LogP contribution in [0.25, 0.3) is 0 Å². The van der Waals surface area contributed by atoms with Gasteiger partial charge < -0.3 is 20.5 Å². The number of hydrogen-bond acceptors (Lipinski definition) is 4. The lowest BCUT2D eigenvalue weighted by Crippen LogP contribution is -2.37. The lowest BCUT2D eigenvalue weighted by Gasteiger charge is -2.24. The lowest BCUT2D eigenvalue weighted by atomic mass is 10.1. The van der Waals surface area contributed by atoms with Gasteiger partial charge in [0.05, 0.1) is 13.7 Å². The lowest BCUT2D eigenvalue weighted by molar-refractivity contribution is -0.132. The minimum Gasteiger partial charge on any atom is -0.496 e. The first-order chi connectivity index (χ1) is 10.1. The predicted molar refractivity (Wildman–Crippen MR) is 83.0 cm³/mol. The smallest absolute Gasteiger partial charge is 0.224 e. The molecular formula is C16H26N2O3. The Morgan fingerprint density at radius 1 is 1.43 bits per heavy atom. The predicted octanol–water partition coefficient (Wildman–Crippen LogP) is 1.53. The molecule has 0 saturated carbocycles. The van der Waals surface area contributed by atoms with Crippen LogP contribution in [0.2, 0.25) is 0 Å². The van der Waals surface area contributed by atoms with Crippen LogP contribution in [0.4, 0.5) is 0 Å². The number of para-hydroxylation sites is 1. The van der Waals surface area contributed by atoms with Crippen molar-refractivity contribution in [3.63, 3.8) is 0 Å². The second-order valence-electron chi connectivity index (χ2n) is 5.10. The van der Waals surface area contributed by atoms with Crippen LogP contribution in [0, 0.1) is 0 Å². The Bertz CT molecular complexity index is 437. The van der Waals surface area contributed by atoms with Crippen molar-refractivity contribution in [3.05, 3.63) is 29.8 Å². The molecule has 5 nitrogen and oxygen atoms in total. The van der Waals surface area contributed by atoms with Crippen LogP contribution >= 0.6 is 0 Å². The summed E-state index contributed by atoms with van der Waals surface area (Å²) in [6.45, 7) is 2.70. The van der Waals surface area contributed by atoms with Crippen LogP contribution in [0.3, 0.4) is 0 Å². The molecule has 0 aliphatic rings. The topological polar surface area (TPSA) is 75.8 Å². The van der Waals surface area contributed by atoms with Crippen LogP contribution in [0.15, 0.2) is 24.3 Å². The van der Waals surface area contributed by atoms with E-state index in [0.717, 1.165) is 24.2 Å². The Morgan fingerprint density at radius 2 is 2.14 bits per heavy atom. The largest absolute Gasteiger partial charge is 0.496 e. The minimum atomic E-state index is -0.124. The quantitative estimate of drug-likeness (QED) is 0.724. The fourth-order valence-corrected chi connectivity index (χ4v) is 2.28. The van der Waals surface area contributed by atoms with Crippen molar-refractivity contribution in [2.75, 3.05) is 20.3 Å². The summed E-state index contributed by atoms with van der Waals surface area (Å²) in [6, 6.07) is 7.45. The Kier molecular flexibility index (Phi) is 7.79. The van der Waals surface area contributed by atoms with E-state index in [9.17, 15) is 9.90 Å². The summed E-state index contributed by atoms with van der Waals surface area (Å²) in [5.41, 5.74) is 6.86. The molecule has 1 rings (SSSR count). The summed E-state index contributed by atoms with van der Waals surface area (Å²) >= 11 is 0. The molecule has 0 radical (unpaired) electrons. The van der Waals surface area contributed by atoms with Gasteiger partial charge in [-0.2, -0.15) is 0 Å². The minimum absolute atomic E-state index is 0.0316. The fraction of sp³-hybridized carbons (Fsp3) is 0.562. The Morgan fingerprint density at radius 3 is 2.76 bits per heavy atom. The van der Waals surface area contributed by atoms with Crippen molar-refractivity contribution >= 4 is 5.91 Å². The second kappa shape index (κ2) is 9.37. The summed E-state index contributed by atoms with van der Waals surface area (Å²) < 4.78 is 5.30. The maximum Gasteiger partial charge on any atom is 0.224 e. The molecule has 21 heavy (non-hydrogen) atoms. The third kappa shape index (κ3) is 5.73. The Balaban J connectivity index is 2.74. The number of amides is 1. The van der Waals surface area contributed by atoms with Gasteiger partial charge in [0.2, 0.25) is 5.91 Å². The van der Waals surface area contributed by atoms with Gasteiger partial charge in [0.1, 0.15) is 5.75 Å². The molecule has 1 unspecified atom stereocenters. The van der Waals surface area contributed by atoms with E-state index in [4.69, 9.17) is 10.5 Å². The molecule has 0 spiro atoms. The third-order valence-electron chi connectivity index (χ3n) is 3.37. The zero-order chi connectivity index (χ0) is 15.7. The molecule has 1 aromatic carbocycles. The van der Waals surface area contributed by atoms with Crippen LogP contribution < -0.4 is 10.5 Å². The number of methoxy groups -OCH3 is 1. The summed E-state index contributed by atoms with van der Waals surface area (Å²) in [7, 11) is 1.61. The van der Waals surface area contributed by atoms with Gasteiger partial charge in [0, 0.05) is 31.1 Å². The molecule has 0 bridgehead atoms. The number of nitrogens with two attached hydrogens (primary N) is 1. The first kappa shape index (κ1) is 17.5. The van der Waals surface area contributed by atoms with Gasteiger partial charge in [-0.1, -0.05) is 31.5 Å². The van der Waals surface area contributed by atoms with Crippen LogP contribution in [-0.4, -0.2) is 42.2 Å². The number of benzene rings is 1. The van der Waals surface area contributed by atoms with Gasteiger partial charge in [0.15, 0.2) is 0 Å². The monoisotopic (exact) mass is 294 g/mol. The van der Waals surface area contributed by atoms with Gasteiger partial charge >= 0.3 is 0 Å². The molecule has 3 N–H and O–H groups in total. The summed E-state index contributed by atoms with van der Waals surface area (Å²) in [4.78, 5) is 13.9. The summed E-state index contributed by atoms with van der Waals surface area (Å²) in [6.07, 6.45) is 2.09. The number of aliphatic hydroxyl groups excluding tert-OH is 1. The van der Waals surface area contributed by atoms with Crippen molar-refractivity contribution in [2.45, 2.75) is 38.8 Å². The highest BCUT2D eigenvalue weighted by Crippen LogP contribution is 2.19. The number of ether oxygens (including phenoxy) is 1. The van der Waals surface area contributed by atoms with E-state index < -0.39 is 0 Å². The summed E-state index contributed by atoms with van der Waals surface area (Å²) in [5.74, 6) is 0.710. The van der Waals surface area contributed by atoms with Gasteiger partial charge in [-0.15, -0.1) is 0 Å². The van der Waals surface area contributed by atoms with Crippen molar-refractivity contribution in [1.29, 1.82) is 0 Å². The molecular weight excluding hydrogens is 268 g/mol. The first-order valence-corrected chi connectivity index (χ1v) is 7.38. The number of carbonyl (C=O) groups excluding carboxylic acids is 1. The van der Waals surface area contributed by atoms with Crippen molar-refractivity contribution in [2.24, 2.45) is 5.73 Å². The molecule has 1 atom stereocenters. The average molecular weight is 294 g/mol. The Hall–Kier alpha value is -1.59. The molecule has 0 saturated heterocycles. The van der Waals surface area contributed by atoms with Gasteiger partial charge in [0.25, 0.3) is 0 Å². The normalized spacial score (nSPS) is 12.0. The number of nitrogens with zero attached hydrogens (tertiary/aromatic N) is 1. The molecule has 1 aromatic rings. The number of aliphatic hydroxyl groups is 1. The highest BCUT2D eigenvalue weighted by atomic mass is 16.5. The van der Waals surface area contributed by atoms with E-state index in [0.29, 0.717) is 19.5 Å². The maximum atomic E-state index is 12.3. The SMILES string of the molecule is CCCC(N)CC(=O)N(CCO)Cc1ccccc1OC. The average Bonchev–Trinajstić information content (AvgIpc) is 2.47. The molecule has 1 amide bonds. The van der Waals surface area contributed by atoms with Crippen LogP contribution in [-0.2, 0) is 11.3 Å². The molecule has 0 fully saturated rings. The van der Waals surface area contributed by atoms with E-state index in [-0.39, 0.29) is 18.6 Å². The van der Waals surface area contributed by atoms with Crippen molar-refractivity contribution in [1.82, 2.24) is 4.90 Å². The van der Waals surface area contributed by atoms with Gasteiger partial charge in [-0.25, -0.2) is 0 Å². The molecule has 0 aliphatic carbocycles.